The van der Waals surface area contributed by atoms with Crippen molar-refractivity contribution in [3.8, 4) is 0 Å². The third kappa shape index (κ3) is 3.35. The first-order valence-electron chi connectivity index (χ1n) is 6.79. The smallest absolute Gasteiger partial charge is 0.293 e. The van der Waals surface area contributed by atoms with Crippen LogP contribution >= 0.6 is 0 Å². The SMILES string of the molecule is Cn1ccnc(NCC2(O)CCC(C)(C)CC2)c1=O. The van der Waals surface area contributed by atoms with Crippen LogP contribution < -0.4 is 10.9 Å². The van der Waals surface area contributed by atoms with Crippen LogP contribution in [-0.4, -0.2) is 26.8 Å². The van der Waals surface area contributed by atoms with Crippen LogP contribution in [0.5, 0.6) is 0 Å². The Labute approximate surface area is 113 Å². The van der Waals surface area contributed by atoms with Crippen molar-refractivity contribution >= 4 is 5.82 Å². The van der Waals surface area contributed by atoms with Gasteiger partial charge in [0.2, 0.25) is 0 Å². The average Bonchev–Trinajstić information content (AvgIpc) is 2.36. The minimum atomic E-state index is -0.724. The van der Waals surface area contributed by atoms with Crippen molar-refractivity contribution in [2.45, 2.75) is 45.1 Å². The summed E-state index contributed by atoms with van der Waals surface area (Å²) in [6.07, 6.45) is 6.74. The standard InChI is InChI=1S/C14H23N3O2/c1-13(2)4-6-14(19,7-5-13)10-16-11-12(18)17(3)9-8-15-11/h8-9,19H,4-7,10H2,1-3H3,(H,15,16). The van der Waals surface area contributed by atoms with Crippen LogP contribution in [0.3, 0.4) is 0 Å². The van der Waals surface area contributed by atoms with Gasteiger partial charge < -0.3 is 15.0 Å². The molecule has 0 saturated heterocycles. The molecule has 5 nitrogen and oxygen atoms in total. The molecule has 19 heavy (non-hydrogen) atoms. The van der Waals surface area contributed by atoms with Gasteiger partial charge in [0.1, 0.15) is 0 Å². The molecule has 2 rings (SSSR count). The van der Waals surface area contributed by atoms with E-state index < -0.39 is 5.60 Å². The summed E-state index contributed by atoms with van der Waals surface area (Å²) in [5, 5.41) is 13.5. The third-order valence-corrected chi connectivity index (χ3v) is 4.14. The number of nitrogens with zero attached hydrogens (tertiary/aromatic N) is 2. The summed E-state index contributed by atoms with van der Waals surface area (Å²) in [5.74, 6) is 0.309. The second kappa shape index (κ2) is 4.96. The predicted octanol–water partition coefficient (Wildman–Crippen LogP) is 1.52. The van der Waals surface area contributed by atoms with Crippen LogP contribution in [0.2, 0.25) is 0 Å². The Morgan fingerprint density at radius 3 is 2.63 bits per heavy atom. The molecule has 1 saturated carbocycles. The van der Waals surface area contributed by atoms with Gasteiger partial charge in [0.25, 0.3) is 5.56 Å². The molecule has 0 atom stereocenters. The first-order chi connectivity index (χ1) is 8.81. The van der Waals surface area contributed by atoms with Crippen molar-refractivity contribution in [1.82, 2.24) is 9.55 Å². The van der Waals surface area contributed by atoms with Crippen LogP contribution in [0.15, 0.2) is 17.2 Å². The summed E-state index contributed by atoms with van der Waals surface area (Å²) >= 11 is 0. The molecule has 5 heteroatoms. The van der Waals surface area contributed by atoms with E-state index in [0.717, 1.165) is 25.7 Å². The number of hydrogen-bond donors (Lipinski definition) is 2. The molecule has 0 unspecified atom stereocenters. The Hall–Kier alpha value is -1.36. The molecule has 1 aliphatic rings. The highest BCUT2D eigenvalue weighted by atomic mass is 16.3. The number of nitrogens with one attached hydrogen (secondary N) is 1. The number of aromatic nitrogens is 2. The molecule has 0 aliphatic heterocycles. The monoisotopic (exact) mass is 265 g/mol. The first kappa shape index (κ1) is 14.1. The van der Waals surface area contributed by atoms with Crippen molar-refractivity contribution in [2.75, 3.05) is 11.9 Å². The minimum Gasteiger partial charge on any atom is -0.388 e. The van der Waals surface area contributed by atoms with Crippen LogP contribution in [0, 0.1) is 5.41 Å². The number of aliphatic hydroxyl groups is 1. The highest BCUT2D eigenvalue weighted by Crippen LogP contribution is 2.40. The molecule has 0 amide bonds. The van der Waals surface area contributed by atoms with Gasteiger partial charge in [0, 0.05) is 26.0 Å². The van der Waals surface area contributed by atoms with Crippen LogP contribution in [0.25, 0.3) is 0 Å². The Morgan fingerprint density at radius 2 is 2.00 bits per heavy atom. The van der Waals surface area contributed by atoms with E-state index in [-0.39, 0.29) is 5.56 Å². The van der Waals surface area contributed by atoms with Crippen molar-refractivity contribution in [2.24, 2.45) is 12.5 Å². The number of hydrogen-bond acceptors (Lipinski definition) is 4. The van der Waals surface area contributed by atoms with E-state index in [0.29, 0.717) is 17.8 Å². The molecule has 0 radical (unpaired) electrons. The van der Waals surface area contributed by atoms with Gasteiger partial charge in [-0.3, -0.25) is 4.79 Å². The predicted molar refractivity (Wildman–Crippen MR) is 75.2 cm³/mol. The highest BCUT2D eigenvalue weighted by Gasteiger charge is 2.36. The van der Waals surface area contributed by atoms with Crippen LogP contribution in [0.1, 0.15) is 39.5 Å². The normalized spacial score (nSPS) is 21.1. The maximum atomic E-state index is 11.8. The molecule has 1 heterocycles. The van der Waals surface area contributed by atoms with Crippen LogP contribution in [0.4, 0.5) is 5.82 Å². The average molecular weight is 265 g/mol. The van der Waals surface area contributed by atoms with Gasteiger partial charge in [0.15, 0.2) is 5.82 Å². The number of aryl methyl sites for hydroxylation is 1. The Balaban J connectivity index is 1.99. The van der Waals surface area contributed by atoms with Gasteiger partial charge >= 0.3 is 0 Å². The molecule has 1 fully saturated rings. The molecule has 0 aromatic carbocycles. The largest absolute Gasteiger partial charge is 0.388 e. The lowest BCUT2D eigenvalue weighted by atomic mass is 9.71. The quantitative estimate of drug-likeness (QED) is 0.869. The molecule has 1 aliphatic carbocycles. The molecule has 0 bridgehead atoms. The van der Waals surface area contributed by atoms with Gasteiger partial charge in [-0.05, 0) is 31.1 Å². The van der Waals surface area contributed by atoms with Crippen molar-refractivity contribution in [1.29, 1.82) is 0 Å². The zero-order chi connectivity index (χ0) is 14.1. The lowest BCUT2D eigenvalue weighted by Crippen LogP contribution is -2.43. The summed E-state index contributed by atoms with van der Waals surface area (Å²) in [4.78, 5) is 15.8. The molecule has 2 N–H and O–H groups in total. The molecule has 1 aromatic heterocycles. The van der Waals surface area contributed by atoms with E-state index >= 15 is 0 Å². The summed E-state index contributed by atoms with van der Waals surface area (Å²) < 4.78 is 1.48. The summed E-state index contributed by atoms with van der Waals surface area (Å²) in [6.45, 7) is 4.85. The van der Waals surface area contributed by atoms with Crippen molar-refractivity contribution in [3.05, 3.63) is 22.7 Å². The lowest BCUT2D eigenvalue weighted by molar-refractivity contribution is -0.0146. The fraction of sp³-hybridized carbons (Fsp3) is 0.714. The second-order valence-electron chi connectivity index (χ2n) is 6.43. The first-order valence-corrected chi connectivity index (χ1v) is 6.79. The zero-order valence-electron chi connectivity index (χ0n) is 11.9. The number of rotatable bonds is 3. The molecule has 0 spiro atoms. The van der Waals surface area contributed by atoms with Gasteiger partial charge in [-0.25, -0.2) is 4.98 Å². The van der Waals surface area contributed by atoms with E-state index in [2.05, 4.69) is 24.1 Å². The Morgan fingerprint density at radius 1 is 1.37 bits per heavy atom. The topological polar surface area (TPSA) is 67.2 Å². The van der Waals surface area contributed by atoms with Crippen LogP contribution in [-0.2, 0) is 7.05 Å². The van der Waals surface area contributed by atoms with Crippen molar-refractivity contribution in [3.63, 3.8) is 0 Å². The molecule has 106 valence electrons. The maximum Gasteiger partial charge on any atom is 0.293 e. The van der Waals surface area contributed by atoms with E-state index in [9.17, 15) is 9.90 Å². The van der Waals surface area contributed by atoms with E-state index in [1.54, 1.807) is 19.4 Å². The minimum absolute atomic E-state index is 0.165. The van der Waals surface area contributed by atoms with E-state index in [4.69, 9.17) is 0 Å². The fourth-order valence-corrected chi connectivity index (χ4v) is 2.44. The Bertz CT molecular complexity index is 498. The van der Waals surface area contributed by atoms with E-state index in [1.165, 1.54) is 4.57 Å². The number of anilines is 1. The lowest BCUT2D eigenvalue weighted by Gasteiger charge is -2.40. The highest BCUT2D eigenvalue weighted by molar-refractivity contribution is 5.31. The summed E-state index contributed by atoms with van der Waals surface area (Å²) in [7, 11) is 1.69. The second-order valence-corrected chi connectivity index (χ2v) is 6.43. The molecule has 1 aromatic rings. The van der Waals surface area contributed by atoms with Crippen molar-refractivity contribution < 1.29 is 5.11 Å². The van der Waals surface area contributed by atoms with Gasteiger partial charge in [-0.1, -0.05) is 13.8 Å². The fourth-order valence-electron chi connectivity index (χ4n) is 2.44. The Kier molecular flexibility index (Phi) is 3.67. The van der Waals surface area contributed by atoms with Gasteiger partial charge in [0.05, 0.1) is 5.60 Å². The van der Waals surface area contributed by atoms with E-state index in [1.807, 2.05) is 0 Å². The molecular weight excluding hydrogens is 242 g/mol. The summed E-state index contributed by atoms with van der Waals surface area (Å²) in [6, 6.07) is 0. The zero-order valence-corrected chi connectivity index (χ0v) is 11.9. The van der Waals surface area contributed by atoms with Gasteiger partial charge in [-0.2, -0.15) is 0 Å². The molecular formula is C14H23N3O2. The third-order valence-electron chi connectivity index (χ3n) is 4.14. The maximum absolute atomic E-state index is 11.8. The summed E-state index contributed by atoms with van der Waals surface area (Å²) in [5.41, 5.74) is -0.576. The van der Waals surface area contributed by atoms with Gasteiger partial charge in [-0.15, -0.1) is 0 Å².